The number of unbranched alkanes of at least 4 members (excludes halogenated alkanes) is 1. The fourth-order valence-electron chi connectivity index (χ4n) is 4.72. The second kappa shape index (κ2) is 20.4. The molecule has 41 heavy (non-hydrogen) atoms. The number of thioether (sulfide) groups is 1. The number of aldehydes is 1. The average molecular weight is 590 g/mol. The molecular weight excluding hydrogens is 538 g/mol. The Balaban J connectivity index is 2.91. The van der Waals surface area contributed by atoms with Crippen LogP contribution in [0, 0.1) is 23.7 Å². The van der Waals surface area contributed by atoms with Crippen molar-refractivity contribution in [2.24, 2.45) is 29.4 Å². The number of amides is 2. The van der Waals surface area contributed by atoms with Gasteiger partial charge in [-0.3, -0.25) is 19.2 Å². The van der Waals surface area contributed by atoms with E-state index in [1.165, 1.54) is 0 Å². The summed E-state index contributed by atoms with van der Waals surface area (Å²) in [6.45, 7) is 8.07. The van der Waals surface area contributed by atoms with Crippen molar-refractivity contribution in [3.63, 3.8) is 0 Å². The van der Waals surface area contributed by atoms with Crippen molar-refractivity contribution in [2.75, 3.05) is 18.6 Å². The van der Waals surface area contributed by atoms with Crippen LogP contribution >= 0.6 is 11.8 Å². The predicted molar refractivity (Wildman–Crippen MR) is 166 cm³/mol. The van der Waals surface area contributed by atoms with Crippen LogP contribution < -0.4 is 16.4 Å². The molecule has 9 heteroatoms. The van der Waals surface area contributed by atoms with Crippen molar-refractivity contribution in [1.29, 1.82) is 0 Å². The average Bonchev–Trinajstić information content (AvgIpc) is 2.93. The summed E-state index contributed by atoms with van der Waals surface area (Å²) in [6.07, 6.45) is 6.18. The van der Waals surface area contributed by atoms with Gasteiger partial charge in [0.2, 0.25) is 11.8 Å². The lowest BCUT2D eigenvalue weighted by Gasteiger charge is -2.24. The Morgan fingerprint density at radius 3 is 2.22 bits per heavy atom. The number of carbonyl (C=O) groups excluding carboxylic acids is 5. The number of hydrogen-bond donors (Lipinski definition) is 3. The molecule has 0 aliphatic heterocycles. The Morgan fingerprint density at radius 1 is 0.951 bits per heavy atom. The molecule has 0 saturated carbocycles. The molecule has 4 N–H and O–H groups in total. The Morgan fingerprint density at radius 2 is 1.63 bits per heavy atom. The molecule has 1 rings (SSSR count). The maximum Gasteiger partial charge on any atom is 0.224 e. The first-order chi connectivity index (χ1) is 19.5. The molecule has 0 aliphatic rings. The topological polar surface area (TPSA) is 135 Å². The van der Waals surface area contributed by atoms with Gasteiger partial charge in [0.1, 0.15) is 6.29 Å². The number of ketones is 2. The van der Waals surface area contributed by atoms with E-state index in [4.69, 9.17) is 5.73 Å². The molecule has 1 aromatic carbocycles. The van der Waals surface area contributed by atoms with E-state index in [2.05, 4.69) is 10.6 Å². The zero-order chi connectivity index (χ0) is 30.8. The van der Waals surface area contributed by atoms with E-state index >= 15 is 0 Å². The summed E-state index contributed by atoms with van der Waals surface area (Å²) < 4.78 is 0. The third kappa shape index (κ3) is 14.8. The van der Waals surface area contributed by atoms with E-state index < -0.39 is 23.9 Å². The fourth-order valence-corrected chi connectivity index (χ4v) is 5.24. The van der Waals surface area contributed by atoms with Crippen molar-refractivity contribution in [2.45, 2.75) is 91.1 Å². The molecule has 230 valence electrons. The van der Waals surface area contributed by atoms with Gasteiger partial charge in [-0.05, 0) is 62.0 Å². The summed E-state index contributed by atoms with van der Waals surface area (Å²) in [6, 6.07) is 8.35. The van der Waals surface area contributed by atoms with Gasteiger partial charge in [0, 0.05) is 37.1 Å². The monoisotopic (exact) mass is 589 g/mol. The summed E-state index contributed by atoms with van der Waals surface area (Å²) in [5, 5.41) is 5.88. The number of rotatable bonds is 22. The van der Waals surface area contributed by atoms with Gasteiger partial charge in [-0.25, -0.2) is 0 Å². The number of carbonyl (C=O) groups is 5. The van der Waals surface area contributed by atoms with Gasteiger partial charge in [-0.1, -0.05) is 58.0 Å². The Hall–Kier alpha value is -2.52. The largest absolute Gasteiger partial charge is 0.356 e. The second-order valence-corrected chi connectivity index (χ2v) is 12.6. The Kier molecular flexibility index (Phi) is 18.1. The maximum absolute atomic E-state index is 13.6. The highest BCUT2D eigenvalue weighted by Crippen LogP contribution is 2.19. The molecule has 0 bridgehead atoms. The molecule has 0 saturated heterocycles. The molecule has 0 aromatic heterocycles. The number of nitrogens with one attached hydrogen (secondary N) is 2. The van der Waals surface area contributed by atoms with Crippen molar-refractivity contribution in [1.82, 2.24) is 10.6 Å². The fraction of sp³-hybridized carbons (Fsp3) is 0.656. The van der Waals surface area contributed by atoms with Gasteiger partial charge in [0.25, 0.3) is 0 Å². The van der Waals surface area contributed by atoms with Gasteiger partial charge >= 0.3 is 0 Å². The summed E-state index contributed by atoms with van der Waals surface area (Å²) in [4.78, 5) is 63.1. The van der Waals surface area contributed by atoms with Crippen LogP contribution in [0.15, 0.2) is 30.3 Å². The number of benzene rings is 1. The van der Waals surface area contributed by atoms with Crippen LogP contribution in [0.25, 0.3) is 0 Å². The van der Waals surface area contributed by atoms with Gasteiger partial charge in [-0.2, -0.15) is 11.8 Å². The van der Waals surface area contributed by atoms with Crippen LogP contribution in [0.5, 0.6) is 0 Å². The third-order valence-corrected chi connectivity index (χ3v) is 7.80. The van der Waals surface area contributed by atoms with E-state index in [-0.39, 0.29) is 48.1 Å². The highest BCUT2D eigenvalue weighted by molar-refractivity contribution is 7.98. The van der Waals surface area contributed by atoms with Gasteiger partial charge in [-0.15, -0.1) is 0 Å². The van der Waals surface area contributed by atoms with Crippen molar-refractivity contribution >= 4 is 41.4 Å². The molecule has 1 aromatic rings. The van der Waals surface area contributed by atoms with Gasteiger partial charge in [0.15, 0.2) is 11.6 Å². The van der Waals surface area contributed by atoms with E-state index in [9.17, 15) is 24.0 Å². The molecule has 4 atom stereocenters. The molecule has 0 spiro atoms. The highest BCUT2D eigenvalue weighted by Gasteiger charge is 2.30. The summed E-state index contributed by atoms with van der Waals surface area (Å²) in [7, 11) is 0. The SMILES string of the molecule is CSCCC(CC=O)C(=O)NC(CC(C)C)C(=O)CC(Cc1ccccc1)C(=O)NCCCCC(N)C(=O)C(C)C. The third-order valence-electron chi connectivity index (χ3n) is 7.15. The molecule has 0 fully saturated rings. The minimum Gasteiger partial charge on any atom is -0.356 e. The van der Waals surface area contributed by atoms with Crippen molar-refractivity contribution in [3.05, 3.63) is 35.9 Å². The Bertz CT molecular complexity index is 954. The molecule has 0 heterocycles. The minimum atomic E-state index is -0.725. The normalized spacial score (nSPS) is 14.2. The molecular formula is C32H51N3O5S. The number of nitrogens with two attached hydrogens (primary N) is 1. The predicted octanol–water partition coefficient (Wildman–Crippen LogP) is 4.13. The second-order valence-electron chi connectivity index (χ2n) is 11.6. The first-order valence-corrected chi connectivity index (χ1v) is 16.3. The first-order valence-electron chi connectivity index (χ1n) is 14.9. The van der Waals surface area contributed by atoms with E-state index in [1.807, 2.05) is 64.3 Å². The summed E-state index contributed by atoms with van der Waals surface area (Å²) >= 11 is 1.61. The first kappa shape index (κ1) is 36.5. The molecule has 0 aliphatic carbocycles. The van der Waals surface area contributed by atoms with Crippen LogP contribution in [0.4, 0.5) is 0 Å². The lowest BCUT2D eigenvalue weighted by atomic mass is 9.88. The maximum atomic E-state index is 13.6. The van der Waals surface area contributed by atoms with Crippen LogP contribution in [-0.4, -0.2) is 60.3 Å². The van der Waals surface area contributed by atoms with Crippen molar-refractivity contribution < 1.29 is 24.0 Å². The Labute approximate surface area is 250 Å². The number of hydrogen-bond acceptors (Lipinski definition) is 7. The van der Waals surface area contributed by atoms with Crippen LogP contribution in [0.2, 0.25) is 0 Å². The van der Waals surface area contributed by atoms with Gasteiger partial charge in [0.05, 0.1) is 12.1 Å². The van der Waals surface area contributed by atoms with E-state index in [0.29, 0.717) is 45.1 Å². The zero-order valence-electron chi connectivity index (χ0n) is 25.5. The molecule has 8 nitrogen and oxygen atoms in total. The number of Topliss-reactive ketones (excluding diaryl/α,β-unsaturated/α-hetero) is 2. The van der Waals surface area contributed by atoms with Gasteiger partial charge < -0.3 is 21.2 Å². The van der Waals surface area contributed by atoms with Crippen LogP contribution in [0.1, 0.15) is 78.2 Å². The zero-order valence-corrected chi connectivity index (χ0v) is 26.3. The van der Waals surface area contributed by atoms with Crippen molar-refractivity contribution in [3.8, 4) is 0 Å². The lowest BCUT2D eigenvalue weighted by molar-refractivity contribution is -0.133. The van der Waals surface area contributed by atoms with E-state index in [1.54, 1.807) is 11.8 Å². The lowest BCUT2D eigenvalue weighted by Crippen LogP contribution is -2.46. The van der Waals surface area contributed by atoms with Crippen LogP contribution in [-0.2, 0) is 30.4 Å². The standard InChI is InChI=1S/C32H51N3O5S/c1-22(2)19-28(35-32(40)25(14-17-36)15-18-41-5)29(37)21-26(20-24-11-7-6-8-12-24)31(39)34-16-10-9-13-27(33)30(38)23(3)4/h6-8,11-12,17,22-23,25-28H,9-10,13-16,18-21,33H2,1-5H3,(H,34,39)(H,35,40). The minimum absolute atomic E-state index is 0.00465. The quantitative estimate of drug-likeness (QED) is 0.137. The van der Waals surface area contributed by atoms with E-state index in [0.717, 1.165) is 17.6 Å². The molecule has 0 radical (unpaired) electrons. The molecule has 2 amide bonds. The highest BCUT2D eigenvalue weighted by atomic mass is 32.2. The molecule has 4 unspecified atom stereocenters. The summed E-state index contributed by atoms with van der Waals surface area (Å²) in [5.41, 5.74) is 6.93. The smallest absolute Gasteiger partial charge is 0.224 e. The summed E-state index contributed by atoms with van der Waals surface area (Å²) in [5.74, 6) is -0.920. The van der Waals surface area contributed by atoms with Crippen LogP contribution in [0.3, 0.4) is 0 Å².